The molecule has 4 rings (SSSR count). The van der Waals surface area contributed by atoms with Crippen molar-refractivity contribution in [2.24, 2.45) is 11.3 Å². The van der Waals surface area contributed by atoms with Crippen molar-refractivity contribution < 1.29 is 4.79 Å². The number of carbonyl (C=O) groups excluding carboxylic acids is 1. The zero-order chi connectivity index (χ0) is 18.3. The Labute approximate surface area is 160 Å². The molecule has 4 heteroatoms. The summed E-state index contributed by atoms with van der Waals surface area (Å²) < 4.78 is 0. The van der Waals surface area contributed by atoms with E-state index in [1.807, 2.05) is 30.1 Å². The van der Waals surface area contributed by atoms with E-state index in [9.17, 15) is 4.79 Å². The van der Waals surface area contributed by atoms with Crippen LogP contribution in [0.25, 0.3) is 0 Å². The van der Waals surface area contributed by atoms with Crippen molar-refractivity contribution >= 4 is 23.4 Å². The molecule has 0 bridgehead atoms. The van der Waals surface area contributed by atoms with Crippen LogP contribution in [0.4, 0.5) is 5.82 Å². The Kier molecular flexibility index (Phi) is 4.55. The van der Waals surface area contributed by atoms with E-state index in [1.54, 1.807) is 0 Å². The van der Waals surface area contributed by atoms with Crippen LogP contribution < -0.4 is 4.90 Å². The van der Waals surface area contributed by atoms with E-state index >= 15 is 0 Å². The maximum atomic E-state index is 13.1. The fourth-order valence-electron chi connectivity index (χ4n) is 4.53. The smallest absolute Gasteiger partial charge is 0.139 e. The van der Waals surface area contributed by atoms with Crippen LogP contribution in [0.1, 0.15) is 32.3 Å². The second-order valence-corrected chi connectivity index (χ2v) is 9.73. The number of pyridine rings is 1. The third kappa shape index (κ3) is 3.39. The molecule has 3 nitrogen and oxygen atoms in total. The fourth-order valence-corrected chi connectivity index (χ4v) is 6.01. The predicted molar refractivity (Wildman–Crippen MR) is 108 cm³/mol. The minimum Gasteiger partial charge on any atom is -0.352 e. The van der Waals surface area contributed by atoms with Crippen LogP contribution in [0.2, 0.25) is 0 Å². The van der Waals surface area contributed by atoms with Crippen molar-refractivity contribution in [3.8, 4) is 0 Å². The van der Waals surface area contributed by atoms with Gasteiger partial charge >= 0.3 is 0 Å². The van der Waals surface area contributed by atoms with Gasteiger partial charge in [-0.1, -0.05) is 37.6 Å². The van der Waals surface area contributed by atoms with E-state index in [1.165, 1.54) is 10.5 Å². The minimum absolute atomic E-state index is 0.0637. The SMILES string of the molecule is Cc1cccc(SC2CN(c3ccccn3)C3CC(C)(C)CC(=O)C23)c1. The number of aromatic nitrogens is 1. The molecule has 2 aliphatic rings. The normalized spacial score (nSPS) is 27.4. The Balaban J connectivity index is 1.66. The molecule has 0 amide bonds. The average molecular weight is 367 g/mol. The Bertz CT molecular complexity index is 805. The molecule has 1 aromatic heterocycles. The molecule has 2 fully saturated rings. The lowest BCUT2D eigenvalue weighted by molar-refractivity contribution is -0.127. The highest BCUT2D eigenvalue weighted by atomic mass is 32.2. The summed E-state index contributed by atoms with van der Waals surface area (Å²) >= 11 is 1.86. The Morgan fingerprint density at radius 1 is 1.19 bits per heavy atom. The number of hydrogen-bond donors (Lipinski definition) is 0. The second-order valence-electron chi connectivity index (χ2n) is 8.42. The lowest BCUT2D eigenvalue weighted by Gasteiger charge is -2.40. The van der Waals surface area contributed by atoms with Gasteiger partial charge in [0.25, 0.3) is 0 Å². The molecular formula is C22H26N2OS. The van der Waals surface area contributed by atoms with E-state index in [4.69, 9.17) is 0 Å². The third-order valence-electron chi connectivity index (χ3n) is 5.60. The maximum absolute atomic E-state index is 13.1. The molecule has 1 saturated heterocycles. The van der Waals surface area contributed by atoms with Gasteiger partial charge in [0.15, 0.2) is 0 Å². The number of benzene rings is 1. The van der Waals surface area contributed by atoms with Crippen molar-refractivity contribution in [3.63, 3.8) is 0 Å². The number of rotatable bonds is 3. The van der Waals surface area contributed by atoms with Gasteiger partial charge in [-0.25, -0.2) is 4.98 Å². The van der Waals surface area contributed by atoms with Crippen molar-refractivity contribution in [2.75, 3.05) is 11.4 Å². The monoisotopic (exact) mass is 366 g/mol. The number of Topliss-reactive ketones (excluding diaryl/α,β-unsaturated/α-hetero) is 1. The molecular weight excluding hydrogens is 340 g/mol. The number of carbonyl (C=O) groups is 1. The molecule has 0 spiro atoms. The summed E-state index contributed by atoms with van der Waals surface area (Å²) in [6.45, 7) is 7.44. The predicted octanol–water partition coefficient (Wildman–Crippen LogP) is 4.74. The van der Waals surface area contributed by atoms with E-state index in [0.29, 0.717) is 12.2 Å². The number of anilines is 1. The zero-order valence-electron chi connectivity index (χ0n) is 15.7. The van der Waals surface area contributed by atoms with Gasteiger partial charge in [-0.2, -0.15) is 0 Å². The highest BCUT2D eigenvalue weighted by Gasteiger charge is 2.52. The summed E-state index contributed by atoms with van der Waals surface area (Å²) in [6, 6.07) is 14.9. The van der Waals surface area contributed by atoms with Crippen molar-refractivity contribution in [2.45, 2.75) is 49.8 Å². The Hall–Kier alpha value is -1.81. The van der Waals surface area contributed by atoms with E-state index in [0.717, 1.165) is 18.8 Å². The van der Waals surface area contributed by atoms with Crippen molar-refractivity contribution in [1.82, 2.24) is 4.98 Å². The topological polar surface area (TPSA) is 33.2 Å². The summed E-state index contributed by atoms with van der Waals surface area (Å²) in [5.74, 6) is 1.52. The highest BCUT2D eigenvalue weighted by molar-refractivity contribution is 8.00. The van der Waals surface area contributed by atoms with Gasteiger partial charge in [-0.05, 0) is 43.0 Å². The van der Waals surface area contributed by atoms with Crippen LogP contribution in [-0.4, -0.2) is 28.6 Å². The Morgan fingerprint density at radius 2 is 2.04 bits per heavy atom. The lowest BCUT2D eigenvalue weighted by atomic mass is 9.70. The third-order valence-corrected chi connectivity index (χ3v) is 6.87. The first-order valence-corrected chi connectivity index (χ1v) is 10.2. The summed E-state index contributed by atoms with van der Waals surface area (Å²) in [5.41, 5.74) is 1.33. The fraction of sp³-hybridized carbons (Fsp3) is 0.455. The van der Waals surface area contributed by atoms with E-state index < -0.39 is 0 Å². The number of fused-ring (bicyclic) bond motifs is 1. The van der Waals surface area contributed by atoms with Crippen LogP contribution in [0.15, 0.2) is 53.6 Å². The molecule has 1 aliphatic carbocycles. The molecule has 3 atom stereocenters. The molecule has 0 N–H and O–H groups in total. The number of aryl methyl sites for hydroxylation is 1. The number of ketones is 1. The van der Waals surface area contributed by atoms with E-state index in [2.05, 4.69) is 61.0 Å². The highest BCUT2D eigenvalue weighted by Crippen LogP contribution is 2.48. The Morgan fingerprint density at radius 3 is 2.77 bits per heavy atom. The van der Waals surface area contributed by atoms with Gasteiger partial charge in [0.05, 0.1) is 5.92 Å². The van der Waals surface area contributed by atoms with Crippen LogP contribution in [0.3, 0.4) is 0 Å². The van der Waals surface area contributed by atoms with E-state index in [-0.39, 0.29) is 22.6 Å². The molecule has 1 aliphatic heterocycles. The largest absolute Gasteiger partial charge is 0.352 e. The van der Waals surface area contributed by atoms with Gasteiger partial charge in [0.2, 0.25) is 0 Å². The van der Waals surface area contributed by atoms with Crippen LogP contribution >= 0.6 is 11.8 Å². The van der Waals surface area contributed by atoms with Gasteiger partial charge in [0, 0.05) is 35.3 Å². The molecule has 2 aromatic rings. The molecule has 2 heterocycles. The zero-order valence-corrected chi connectivity index (χ0v) is 16.5. The first kappa shape index (κ1) is 17.6. The van der Waals surface area contributed by atoms with Crippen molar-refractivity contribution in [3.05, 3.63) is 54.2 Å². The first-order chi connectivity index (χ1) is 12.4. The van der Waals surface area contributed by atoms with Gasteiger partial charge in [-0.3, -0.25) is 4.79 Å². The van der Waals surface area contributed by atoms with Crippen LogP contribution in [0, 0.1) is 18.3 Å². The summed E-state index contributed by atoms with van der Waals surface area (Å²) in [5, 5.41) is 0.285. The standard InChI is InChI=1S/C22H26N2OS/c1-15-7-6-8-16(11-15)26-19-14-24(20-9-4-5-10-23-20)17-12-22(2,3)13-18(25)21(17)19/h4-11,17,19,21H,12-14H2,1-3H3. The lowest BCUT2D eigenvalue weighted by Crippen LogP contribution is -2.45. The molecule has 1 aromatic carbocycles. The summed E-state index contributed by atoms with van der Waals surface area (Å²) in [6.07, 6.45) is 3.58. The quantitative estimate of drug-likeness (QED) is 0.785. The van der Waals surface area contributed by atoms with Crippen LogP contribution in [0.5, 0.6) is 0 Å². The molecule has 136 valence electrons. The number of thioether (sulfide) groups is 1. The summed E-state index contributed by atoms with van der Waals surface area (Å²) in [7, 11) is 0. The van der Waals surface area contributed by atoms with Gasteiger partial charge < -0.3 is 4.90 Å². The molecule has 0 radical (unpaired) electrons. The number of hydrogen-bond acceptors (Lipinski definition) is 4. The van der Waals surface area contributed by atoms with Gasteiger partial charge in [-0.15, -0.1) is 11.8 Å². The molecule has 1 saturated carbocycles. The van der Waals surface area contributed by atoms with Gasteiger partial charge in [0.1, 0.15) is 11.6 Å². The first-order valence-electron chi connectivity index (χ1n) is 9.37. The summed E-state index contributed by atoms with van der Waals surface area (Å²) in [4.78, 5) is 21.3. The average Bonchev–Trinajstić information content (AvgIpc) is 2.93. The molecule has 26 heavy (non-hydrogen) atoms. The van der Waals surface area contributed by atoms with Crippen molar-refractivity contribution in [1.29, 1.82) is 0 Å². The molecule has 3 unspecified atom stereocenters. The number of nitrogens with zero attached hydrogens (tertiary/aromatic N) is 2. The van der Waals surface area contributed by atoms with Crippen LogP contribution in [-0.2, 0) is 4.79 Å². The second kappa shape index (κ2) is 6.73. The maximum Gasteiger partial charge on any atom is 0.139 e. The minimum atomic E-state index is 0.0637.